The highest BCUT2D eigenvalue weighted by atomic mass is 16.4. The van der Waals surface area contributed by atoms with E-state index in [9.17, 15) is 19.5 Å². The number of likely N-dealkylation sites (tertiary alicyclic amines) is 2. The van der Waals surface area contributed by atoms with Crippen LogP contribution < -0.4 is 5.73 Å². The Morgan fingerprint density at radius 1 is 1.10 bits per heavy atom. The number of carbonyl (C=O) groups excluding carboxylic acids is 2. The summed E-state index contributed by atoms with van der Waals surface area (Å²) in [6.07, 6.45) is 3.51. The maximum atomic E-state index is 12.6. The molecule has 3 amide bonds. The van der Waals surface area contributed by atoms with E-state index >= 15 is 0 Å². The molecule has 116 valence electrons. The molecule has 3 aliphatic rings. The number of carboxylic acid groups (broad SMARTS) is 1. The average molecular weight is 295 g/mol. The van der Waals surface area contributed by atoms with Crippen molar-refractivity contribution in [1.29, 1.82) is 0 Å². The summed E-state index contributed by atoms with van der Waals surface area (Å²) in [5.74, 6) is -1.22. The van der Waals surface area contributed by atoms with Crippen LogP contribution in [0.5, 0.6) is 0 Å². The van der Waals surface area contributed by atoms with E-state index in [2.05, 4.69) is 0 Å². The minimum Gasteiger partial charge on any atom is -0.480 e. The van der Waals surface area contributed by atoms with E-state index in [0.29, 0.717) is 32.0 Å². The molecule has 7 nitrogen and oxygen atoms in total. The molecule has 0 radical (unpaired) electrons. The van der Waals surface area contributed by atoms with Gasteiger partial charge < -0.3 is 20.6 Å². The molecule has 0 aromatic rings. The second kappa shape index (κ2) is 5.20. The number of rotatable bonds is 2. The molecule has 3 N–H and O–H groups in total. The van der Waals surface area contributed by atoms with Gasteiger partial charge in [-0.2, -0.15) is 0 Å². The van der Waals surface area contributed by atoms with Crippen molar-refractivity contribution in [2.75, 3.05) is 19.6 Å². The third kappa shape index (κ3) is 2.34. The highest BCUT2D eigenvalue weighted by Gasteiger charge is 2.50. The Morgan fingerprint density at radius 3 is 2.48 bits per heavy atom. The van der Waals surface area contributed by atoms with Crippen molar-refractivity contribution in [1.82, 2.24) is 9.80 Å². The van der Waals surface area contributed by atoms with Crippen LogP contribution >= 0.6 is 0 Å². The lowest BCUT2D eigenvalue weighted by Gasteiger charge is -2.29. The third-order valence-corrected chi connectivity index (χ3v) is 5.25. The van der Waals surface area contributed by atoms with Crippen molar-refractivity contribution in [3.8, 4) is 0 Å². The van der Waals surface area contributed by atoms with Gasteiger partial charge in [0, 0.05) is 19.6 Å². The first-order chi connectivity index (χ1) is 9.99. The molecule has 0 bridgehead atoms. The first-order valence-corrected chi connectivity index (χ1v) is 7.56. The molecule has 0 spiro atoms. The molecule has 0 aromatic heterocycles. The number of carboxylic acids is 1. The number of nitrogens with two attached hydrogens (primary N) is 1. The summed E-state index contributed by atoms with van der Waals surface area (Å²) in [5.41, 5.74) is 5.28. The Balaban J connectivity index is 1.72. The molecule has 7 heteroatoms. The largest absolute Gasteiger partial charge is 0.480 e. The Morgan fingerprint density at radius 2 is 1.86 bits per heavy atom. The summed E-state index contributed by atoms with van der Waals surface area (Å²) in [5, 5.41) is 9.48. The lowest BCUT2D eigenvalue weighted by Crippen LogP contribution is -2.49. The van der Waals surface area contributed by atoms with Gasteiger partial charge in [0.1, 0.15) is 6.04 Å². The molecule has 4 unspecified atom stereocenters. The number of nitrogens with zero attached hydrogens (tertiary/aromatic N) is 2. The second-order valence-electron chi connectivity index (χ2n) is 6.41. The van der Waals surface area contributed by atoms with Crippen molar-refractivity contribution < 1.29 is 19.5 Å². The number of primary amides is 1. The van der Waals surface area contributed by atoms with E-state index in [1.807, 2.05) is 0 Å². The van der Waals surface area contributed by atoms with Crippen LogP contribution in [-0.4, -0.2) is 58.5 Å². The van der Waals surface area contributed by atoms with Crippen LogP contribution in [-0.2, 0) is 9.59 Å². The number of urea groups is 1. The maximum absolute atomic E-state index is 12.6. The zero-order chi connectivity index (χ0) is 15.1. The minimum atomic E-state index is -0.914. The van der Waals surface area contributed by atoms with Gasteiger partial charge in [0.25, 0.3) is 0 Å². The first kappa shape index (κ1) is 14.2. The minimum absolute atomic E-state index is 0.0843. The molecular formula is C14H21N3O4. The fourth-order valence-electron chi connectivity index (χ4n) is 4.17. The number of amides is 3. The van der Waals surface area contributed by atoms with Crippen LogP contribution in [0, 0.1) is 17.8 Å². The third-order valence-electron chi connectivity index (χ3n) is 5.25. The van der Waals surface area contributed by atoms with Gasteiger partial charge in [-0.15, -0.1) is 0 Å². The summed E-state index contributed by atoms with van der Waals surface area (Å²) in [6.45, 7) is 1.31. The maximum Gasteiger partial charge on any atom is 0.326 e. The van der Waals surface area contributed by atoms with Gasteiger partial charge in [0.15, 0.2) is 0 Å². The van der Waals surface area contributed by atoms with Gasteiger partial charge in [0.2, 0.25) is 5.91 Å². The summed E-state index contributed by atoms with van der Waals surface area (Å²) < 4.78 is 0. The average Bonchev–Trinajstić information content (AvgIpc) is 3.11. The van der Waals surface area contributed by atoms with Crippen molar-refractivity contribution in [3.05, 3.63) is 0 Å². The van der Waals surface area contributed by atoms with E-state index in [1.165, 1.54) is 4.90 Å². The van der Waals surface area contributed by atoms with Gasteiger partial charge in [-0.3, -0.25) is 4.79 Å². The molecule has 2 heterocycles. The monoisotopic (exact) mass is 295 g/mol. The van der Waals surface area contributed by atoms with Crippen LogP contribution in [0.25, 0.3) is 0 Å². The van der Waals surface area contributed by atoms with E-state index in [1.54, 1.807) is 4.90 Å². The SMILES string of the molecule is NC(=O)C1CCN(C(=O)N2CC3CCCC3C2C(=O)O)C1. The smallest absolute Gasteiger partial charge is 0.326 e. The molecule has 1 saturated carbocycles. The van der Waals surface area contributed by atoms with Crippen molar-refractivity contribution >= 4 is 17.9 Å². The zero-order valence-electron chi connectivity index (χ0n) is 11.9. The predicted molar refractivity (Wildman–Crippen MR) is 73.2 cm³/mol. The van der Waals surface area contributed by atoms with Gasteiger partial charge in [-0.25, -0.2) is 9.59 Å². The normalized spacial score (nSPS) is 35.0. The fraction of sp³-hybridized carbons (Fsp3) is 0.786. The van der Waals surface area contributed by atoms with Crippen LogP contribution in [0.15, 0.2) is 0 Å². The van der Waals surface area contributed by atoms with Crippen LogP contribution in [0.2, 0.25) is 0 Å². The second-order valence-corrected chi connectivity index (χ2v) is 6.41. The highest BCUT2D eigenvalue weighted by molar-refractivity contribution is 5.85. The standard InChI is InChI=1S/C14H21N3O4/c15-12(18)9-4-5-16(6-9)14(21)17-7-8-2-1-3-10(8)11(17)13(19)20/h8-11H,1-7H2,(H2,15,18)(H,19,20). The van der Waals surface area contributed by atoms with Gasteiger partial charge >= 0.3 is 12.0 Å². The first-order valence-electron chi connectivity index (χ1n) is 7.56. The summed E-state index contributed by atoms with van der Waals surface area (Å²) >= 11 is 0. The molecule has 0 aromatic carbocycles. The predicted octanol–water partition coefficient (Wildman–Crippen LogP) is 0.0987. The van der Waals surface area contributed by atoms with Crippen molar-refractivity contribution in [2.45, 2.75) is 31.7 Å². The van der Waals surface area contributed by atoms with E-state index < -0.39 is 17.9 Å². The van der Waals surface area contributed by atoms with Crippen LogP contribution in [0.4, 0.5) is 4.79 Å². The Hall–Kier alpha value is -1.79. The molecular weight excluding hydrogens is 274 g/mol. The highest BCUT2D eigenvalue weighted by Crippen LogP contribution is 2.42. The Labute approximate surface area is 123 Å². The summed E-state index contributed by atoms with van der Waals surface area (Å²) in [4.78, 5) is 38.4. The van der Waals surface area contributed by atoms with Crippen molar-refractivity contribution in [3.63, 3.8) is 0 Å². The zero-order valence-corrected chi connectivity index (χ0v) is 11.9. The Kier molecular flexibility index (Phi) is 3.51. The summed E-state index contributed by atoms with van der Waals surface area (Å²) in [7, 11) is 0. The van der Waals surface area contributed by atoms with Crippen molar-refractivity contribution in [2.24, 2.45) is 23.5 Å². The Bertz CT molecular complexity index is 481. The molecule has 4 atom stereocenters. The number of carbonyl (C=O) groups is 3. The molecule has 1 aliphatic carbocycles. The number of hydrogen-bond acceptors (Lipinski definition) is 3. The van der Waals surface area contributed by atoms with E-state index in [-0.39, 0.29) is 17.9 Å². The van der Waals surface area contributed by atoms with Gasteiger partial charge in [0.05, 0.1) is 5.92 Å². The molecule has 2 aliphatic heterocycles. The van der Waals surface area contributed by atoms with Crippen LogP contribution in [0.1, 0.15) is 25.7 Å². The molecule has 2 saturated heterocycles. The van der Waals surface area contributed by atoms with Gasteiger partial charge in [-0.1, -0.05) is 6.42 Å². The topological polar surface area (TPSA) is 104 Å². The van der Waals surface area contributed by atoms with E-state index in [4.69, 9.17) is 5.73 Å². The lowest BCUT2D eigenvalue weighted by atomic mass is 9.94. The molecule has 21 heavy (non-hydrogen) atoms. The number of hydrogen-bond donors (Lipinski definition) is 2. The molecule has 3 fully saturated rings. The van der Waals surface area contributed by atoms with Gasteiger partial charge in [-0.05, 0) is 31.1 Å². The number of fused-ring (bicyclic) bond motifs is 1. The summed E-state index contributed by atoms with van der Waals surface area (Å²) in [6, 6.07) is -0.960. The quantitative estimate of drug-likeness (QED) is 0.753. The molecule has 3 rings (SSSR count). The van der Waals surface area contributed by atoms with E-state index in [0.717, 1.165) is 19.3 Å². The fourth-order valence-corrected chi connectivity index (χ4v) is 4.17. The lowest BCUT2D eigenvalue weighted by molar-refractivity contribution is -0.142. The van der Waals surface area contributed by atoms with Crippen LogP contribution in [0.3, 0.4) is 0 Å². The number of aliphatic carboxylic acids is 1.